The molecular weight excluding hydrogens is 288 g/mol. The lowest BCUT2D eigenvalue weighted by atomic mass is 10.4. The Kier molecular flexibility index (Phi) is 6.25. The summed E-state index contributed by atoms with van der Waals surface area (Å²) in [6, 6.07) is 0. The summed E-state index contributed by atoms with van der Waals surface area (Å²) in [6.45, 7) is 3.55. The van der Waals surface area contributed by atoms with Crippen molar-refractivity contribution in [2.24, 2.45) is 0 Å². The van der Waals surface area contributed by atoms with Crippen molar-refractivity contribution in [2.45, 2.75) is 24.3 Å². The van der Waals surface area contributed by atoms with Crippen molar-refractivity contribution in [3.05, 3.63) is 11.8 Å². The average Bonchev–Trinajstić information content (AvgIpc) is 2.82. The Morgan fingerprint density at radius 3 is 2.53 bits per heavy atom. The van der Waals surface area contributed by atoms with E-state index in [0.717, 1.165) is 6.42 Å². The van der Waals surface area contributed by atoms with Crippen LogP contribution in [0.4, 0.5) is 0 Å². The molecular formula is C11H21ClN4O2S. The largest absolute Gasteiger partial charge is 0.308 e. The van der Waals surface area contributed by atoms with E-state index >= 15 is 0 Å². The molecule has 6 nitrogen and oxygen atoms in total. The number of halogens is 1. The summed E-state index contributed by atoms with van der Waals surface area (Å²) >= 11 is 5.74. The predicted octanol–water partition coefficient (Wildman–Crippen LogP) is 1.11. The van der Waals surface area contributed by atoms with Gasteiger partial charge in [0, 0.05) is 25.2 Å². The minimum atomic E-state index is -3.55. The number of sulfonamides is 1. The predicted molar refractivity (Wildman–Crippen MR) is 75.7 cm³/mol. The quantitative estimate of drug-likeness (QED) is 0.731. The summed E-state index contributed by atoms with van der Waals surface area (Å²) < 4.78 is 26.6. The van der Waals surface area contributed by atoms with Crippen molar-refractivity contribution in [1.82, 2.24) is 19.4 Å². The number of hydrogen-bond acceptors (Lipinski definition) is 4. The summed E-state index contributed by atoms with van der Waals surface area (Å²) in [4.78, 5) is 1.95. The maximum absolute atomic E-state index is 12.6. The Labute approximate surface area is 119 Å². The van der Waals surface area contributed by atoms with Gasteiger partial charge in [-0.2, -0.15) is 9.40 Å². The van der Waals surface area contributed by atoms with E-state index in [-0.39, 0.29) is 10.9 Å². The molecule has 0 spiro atoms. The molecule has 0 aromatic carbocycles. The number of H-pyrrole nitrogens is 1. The number of rotatable bonds is 8. The summed E-state index contributed by atoms with van der Waals surface area (Å²) in [6.07, 6.45) is 2.22. The van der Waals surface area contributed by atoms with Gasteiger partial charge in [0.15, 0.2) is 5.03 Å². The van der Waals surface area contributed by atoms with Crippen molar-refractivity contribution < 1.29 is 8.42 Å². The second-order valence-corrected chi connectivity index (χ2v) is 6.71. The minimum absolute atomic E-state index is 0.106. The Hall–Kier alpha value is -0.630. The third-order valence-corrected chi connectivity index (χ3v) is 4.89. The van der Waals surface area contributed by atoms with Gasteiger partial charge in [-0.3, -0.25) is 5.10 Å². The Morgan fingerprint density at radius 1 is 1.32 bits per heavy atom. The van der Waals surface area contributed by atoms with Crippen molar-refractivity contribution in [1.29, 1.82) is 0 Å². The van der Waals surface area contributed by atoms with E-state index in [0.29, 0.717) is 25.2 Å². The smallest absolute Gasteiger partial charge is 0.260 e. The molecule has 1 rings (SSSR count). The zero-order valence-corrected chi connectivity index (χ0v) is 13.1. The van der Waals surface area contributed by atoms with E-state index in [9.17, 15) is 8.42 Å². The van der Waals surface area contributed by atoms with Crippen LogP contribution >= 0.6 is 11.6 Å². The molecule has 0 saturated carbocycles. The normalized spacial score (nSPS) is 12.5. The first-order valence-electron chi connectivity index (χ1n) is 6.16. The average molecular weight is 309 g/mol. The number of nitrogens with zero attached hydrogens (tertiary/aromatic N) is 3. The molecule has 19 heavy (non-hydrogen) atoms. The SMILES string of the molecule is CCCN(CCN(C)C)S(=O)(=O)c1[nH]ncc1CCl. The van der Waals surface area contributed by atoms with Gasteiger partial charge >= 0.3 is 0 Å². The van der Waals surface area contributed by atoms with Crippen LogP contribution in [0.15, 0.2) is 11.2 Å². The highest BCUT2D eigenvalue weighted by atomic mass is 35.5. The second kappa shape index (κ2) is 7.23. The monoisotopic (exact) mass is 308 g/mol. The van der Waals surface area contributed by atoms with E-state index < -0.39 is 10.0 Å². The maximum atomic E-state index is 12.6. The van der Waals surface area contributed by atoms with E-state index in [1.54, 1.807) is 0 Å². The third kappa shape index (κ3) is 4.17. The molecule has 0 amide bonds. The molecule has 0 saturated heterocycles. The van der Waals surface area contributed by atoms with E-state index in [1.165, 1.54) is 10.5 Å². The fourth-order valence-corrected chi connectivity index (χ4v) is 3.57. The van der Waals surface area contributed by atoms with Crippen LogP contribution in [0.3, 0.4) is 0 Å². The highest BCUT2D eigenvalue weighted by Gasteiger charge is 2.27. The fraction of sp³-hybridized carbons (Fsp3) is 0.727. The molecule has 1 heterocycles. The first-order chi connectivity index (χ1) is 8.93. The maximum Gasteiger partial charge on any atom is 0.260 e. The molecule has 1 aromatic rings. The lowest BCUT2D eigenvalue weighted by Gasteiger charge is -2.22. The Morgan fingerprint density at radius 2 is 2.00 bits per heavy atom. The number of aromatic amines is 1. The molecule has 0 unspecified atom stereocenters. The van der Waals surface area contributed by atoms with Crippen LogP contribution in [-0.4, -0.2) is 61.5 Å². The van der Waals surface area contributed by atoms with Gasteiger partial charge in [-0.25, -0.2) is 8.42 Å². The molecule has 1 N–H and O–H groups in total. The molecule has 0 fully saturated rings. The van der Waals surface area contributed by atoms with Crippen LogP contribution in [0, 0.1) is 0 Å². The van der Waals surface area contributed by atoms with Gasteiger partial charge in [-0.05, 0) is 20.5 Å². The van der Waals surface area contributed by atoms with E-state index in [4.69, 9.17) is 11.6 Å². The summed E-state index contributed by atoms with van der Waals surface area (Å²) in [5.41, 5.74) is 0.507. The summed E-state index contributed by atoms with van der Waals surface area (Å²) in [5.74, 6) is 0.124. The van der Waals surface area contributed by atoms with Crippen molar-refractivity contribution >= 4 is 21.6 Å². The highest BCUT2D eigenvalue weighted by Crippen LogP contribution is 2.19. The fourth-order valence-electron chi connectivity index (χ4n) is 1.66. The lowest BCUT2D eigenvalue weighted by Crippen LogP contribution is -2.37. The lowest BCUT2D eigenvalue weighted by molar-refractivity contribution is 0.332. The van der Waals surface area contributed by atoms with Gasteiger partial charge in [0.1, 0.15) is 0 Å². The molecule has 0 atom stereocenters. The van der Waals surface area contributed by atoms with Gasteiger partial charge in [0.05, 0.1) is 12.1 Å². The molecule has 0 aliphatic rings. The van der Waals surface area contributed by atoms with Crippen LogP contribution in [-0.2, 0) is 15.9 Å². The molecule has 8 heteroatoms. The van der Waals surface area contributed by atoms with Crippen LogP contribution in [0.2, 0.25) is 0 Å². The Balaban J connectivity index is 2.99. The van der Waals surface area contributed by atoms with E-state index in [2.05, 4.69) is 10.2 Å². The van der Waals surface area contributed by atoms with Crippen molar-refractivity contribution in [3.63, 3.8) is 0 Å². The van der Waals surface area contributed by atoms with Crippen molar-refractivity contribution in [2.75, 3.05) is 33.7 Å². The van der Waals surface area contributed by atoms with Crippen LogP contribution in [0.5, 0.6) is 0 Å². The molecule has 0 aliphatic carbocycles. The second-order valence-electron chi connectivity index (χ2n) is 4.57. The molecule has 0 bridgehead atoms. The van der Waals surface area contributed by atoms with Crippen LogP contribution in [0.25, 0.3) is 0 Å². The number of alkyl halides is 1. The van der Waals surface area contributed by atoms with Crippen LogP contribution in [0.1, 0.15) is 18.9 Å². The molecule has 110 valence electrons. The number of aromatic nitrogens is 2. The summed E-state index contributed by atoms with van der Waals surface area (Å²) in [7, 11) is 0.274. The number of nitrogens with one attached hydrogen (secondary N) is 1. The summed E-state index contributed by atoms with van der Waals surface area (Å²) in [5, 5.41) is 6.42. The topological polar surface area (TPSA) is 69.3 Å². The standard InChI is InChI=1S/C11H21ClN4O2S/c1-4-5-16(7-6-15(2)3)19(17,18)11-10(8-12)9-13-14-11/h9H,4-8H2,1-3H3,(H,13,14). The molecule has 0 radical (unpaired) electrons. The van der Waals surface area contributed by atoms with Crippen molar-refractivity contribution in [3.8, 4) is 0 Å². The minimum Gasteiger partial charge on any atom is -0.308 e. The highest BCUT2D eigenvalue weighted by molar-refractivity contribution is 7.89. The number of hydrogen-bond donors (Lipinski definition) is 1. The van der Waals surface area contributed by atoms with Gasteiger partial charge in [-0.1, -0.05) is 6.92 Å². The van der Waals surface area contributed by atoms with E-state index in [1.807, 2.05) is 25.9 Å². The third-order valence-electron chi connectivity index (χ3n) is 2.69. The van der Waals surface area contributed by atoms with Gasteiger partial charge in [-0.15, -0.1) is 11.6 Å². The molecule has 1 aromatic heterocycles. The first kappa shape index (κ1) is 16.4. The molecule has 0 aliphatic heterocycles. The zero-order chi connectivity index (χ0) is 14.5. The zero-order valence-electron chi connectivity index (χ0n) is 11.6. The van der Waals surface area contributed by atoms with Crippen LogP contribution < -0.4 is 0 Å². The van der Waals surface area contributed by atoms with Gasteiger partial charge < -0.3 is 4.90 Å². The first-order valence-corrected chi connectivity index (χ1v) is 8.14. The van der Waals surface area contributed by atoms with Gasteiger partial charge in [0.25, 0.3) is 10.0 Å². The van der Waals surface area contributed by atoms with Gasteiger partial charge in [0.2, 0.25) is 0 Å². The number of likely N-dealkylation sites (N-methyl/N-ethyl adjacent to an activating group) is 1. The Bertz CT molecular complexity index is 487.